The Labute approximate surface area is 85.2 Å². The number of rotatable bonds is 2. The molecule has 0 radical (unpaired) electrons. The highest BCUT2D eigenvalue weighted by molar-refractivity contribution is 5.87. The molecule has 1 aromatic carbocycles. The van der Waals surface area contributed by atoms with E-state index in [2.05, 4.69) is 0 Å². The van der Waals surface area contributed by atoms with Gasteiger partial charge in [0, 0.05) is 5.56 Å². The Balaban J connectivity index is 2.28. The molecule has 0 amide bonds. The minimum Gasteiger partial charge on any atom is -0.478 e. The van der Waals surface area contributed by atoms with Gasteiger partial charge in [0.1, 0.15) is 5.82 Å². The summed E-state index contributed by atoms with van der Waals surface area (Å²) in [5, 5.41) is 8.62. The number of halogens is 1. The lowest BCUT2D eigenvalue weighted by atomic mass is 10.1. The van der Waals surface area contributed by atoms with Crippen LogP contribution in [0.5, 0.6) is 0 Å². The van der Waals surface area contributed by atoms with E-state index < -0.39 is 18.1 Å². The number of benzene rings is 1. The standard InChI is InChI=1S/C10H9FO4/c11-8-5-6(10-14-3-4-15-10)1-2-7(8)9(12)13/h1-2,5,10H,3-4H2,(H,12,13). The predicted molar refractivity (Wildman–Crippen MR) is 48.0 cm³/mol. The minimum absolute atomic E-state index is 0.350. The zero-order valence-corrected chi connectivity index (χ0v) is 7.77. The van der Waals surface area contributed by atoms with Crippen LogP contribution in [0, 0.1) is 5.82 Å². The van der Waals surface area contributed by atoms with Crippen molar-refractivity contribution in [1.82, 2.24) is 0 Å². The van der Waals surface area contributed by atoms with E-state index in [9.17, 15) is 9.18 Å². The fraction of sp³-hybridized carbons (Fsp3) is 0.300. The van der Waals surface area contributed by atoms with Crippen molar-refractivity contribution >= 4 is 5.97 Å². The van der Waals surface area contributed by atoms with E-state index in [4.69, 9.17) is 14.6 Å². The van der Waals surface area contributed by atoms with E-state index >= 15 is 0 Å². The summed E-state index contributed by atoms with van der Waals surface area (Å²) in [6.45, 7) is 0.930. The number of carboxylic acids is 1. The third-order valence-corrected chi connectivity index (χ3v) is 2.12. The molecule has 2 rings (SSSR count). The van der Waals surface area contributed by atoms with Crippen molar-refractivity contribution < 1.29 is 23.8 Å². The molecule has 0 saturated carbocycles. The van der Waals surface area contributed by atoms with Crippen LogP contribution in [-0.4, -0.2) is 24.3 Å². The van der Waals surface area contributed by atoms with Crippen LogP contribution < -0.4 is 0 Å². The second-order valence-electron chi connectivity index (χ2n) is 3.12. The zero-order chi connectivity index (χ0) is 10.8. The molecule has 1 heterocycles. The molecule has 80 valence electrons. The molecule has 1 aliphatic heterocycles. The van der Waals surface area contributed by atoms with E-state index in [-0.39, 0.29) is 5.56 Å². The molecule has 5 heteroatoms. The molecular weight excluding hydrogens is 203 g/mol. The van der Waals surface area contributed by atoms with E-state index in [1.54, 1.807) is 0 Å². The van der Waals surface area contributed by atoms with Crippen LogP contribution in [0.25, 0.3) is 0 Å². The average molecular weight is 212 g/mol. The maximum Gasteiger partial charge on any atom is 0.338 e. The number of aromatic carboxylic acids is 1. The van der Waals surface area contributed by atoms with Crippen LogP contribution in [0.1, 0.15) is 22.2 Å². The third-order valence-electron chi connectivity index (χ3n) is 2.12. The van der Waals surface area contributed by atoms with Crippen molar-refractivity contribution in [3.05, 3.63) is 35.1 Å². The van der Waals surface area contributed by atoms with E-state index in [1.165, 1.54) is 12.1 Å². The number of carbonyl (C=O) groups is 1. The highest BCUT2D eigenvalue weighted by Crippen LogP contribution is 2.24. The third kappa shape index (κ3) is 1.98. The van der Waals surface area contributed by atoms with Gasteiger partial charge in [0.05, 0.1) is 18.8 Å². The summed E-state index contributed by atoms with van der Waals surface area (Å²) in [6, 6.07) is 3.82. The quantitative estimate of drug-likeness (QED) is 0.808. The second kappa shape index (κ2) is 3.96. The van der Waals surface area contributed by atoms with Crippen molar-refractivity contribution in [2.45, 2.75) is 6.29 Å². The molecule has 1 fully saturated rings. The molecule has 1 N–H and O–H groups in total. The van der Waals surface area contributed by atoms with Gasteiger partial charge in [-0.2, -0.15) is 0 Å². The summed E-state index contributed by atoms with van der Waals surface area (Å²) in [4.78, 5) is 10.6. The van der Waals surface area contributed by atoms with Gasteiger partial charge in [-0.3, -0.25) is 0 Å². The molecule has 1 aliphatic rings. The lowest BCUT2D eigenvalue weighted by Gasteiger charge is -2.09. The summed E-state index contributed by atoms with van der Waals surface area (Å²) >= 11 is 0. The highest BCUT2D eigenvalue weighted by Gasteiger charge is 2.20. The van der Waals surface area contributed by atoms with Gasteiger partial charge >= 0.3 is 5.97 Å². The summed E-state index contributed by atoms with van der Waals surface area (Å²) in [5.74, 6) is -2.06. The number of hydrogen-bond donors (Lipinski definition) is 1. The molecule has 0 bridgehead atoms. The van der Waals surface area contributed by atoms with Gasteiger partial charge in [0.2, 0.25) is 0 Å². The van der Waals surface area contributed by atoms with Crippen LogP contribution >= 0.6 is 0 Å². The molecule has 0 unspecified atom stereocenters. The van der Waals surface area contributed by atoms with E-state index in [1.807, 2.05) is 0 Å². The number of hydrogen-bond acceptors (Lipinski definition) is 3. The monoisotopic (exact) mass is 212 g/mol. The van der Waals surface area contributed by atoms with Crippen molar-refractivity contribution in [1.29, 1.82) is 0 Å². The largest absolute Gasteiger partial charge is 0.478 e. The van der Waals surface area contributed by atoms with E-state index in [0.29, 0.717) is 18.8 Å². The van der Waals surface area contributed by atoms with Crippen LogP contribution in [0.4, 0.5) is 4.39 Å². The van der Waals surface area contributed by atoms with Crippen molar-refractivity contribution in [3.8, 4) is 0 Å². The Morgan fingerprint density at radius 2 is 2.07 bits per heavy atom. The van der Waals surface area contributed by atoms with E-state index in [0.717, 1.165) is 6.07 Å². The maximum atomic E-state index is 13.3. The summed E-state index contributed by atoms with van der Waals surface area (Å²) < 4.78 is 23.6. The predicted octanol–water partition coefficient (Wildman–Crippen LogP) is 1.57. The molecule has 15 heavy (non-hydrogen) atoms. The van der Waals surface area contributed by atoms with Gasteiger partial charge in [-0.05, 0) is 12.1 Å². The van der Waals surface area contributed by atoms with Gasteiger partial charge < -0.3 is 14.6 Å². The van der Waals surface area contributed by atoms with Crippen molar-refractivity contribution in [2.24, 2.45) is 0 Å². The maximum absolute atomic E-state index is 13.3. The Kier molecular flexibility index (Phi) is 2.66. The Morgan fingerprint density at radius 3 is 2.60 bits per heavy atom. The fourth-order valence-corrected chi connectivity index (χ4v) is 1.40. The molecule has 0 spiro atoms. The first-order valence-corrected chi connectivity index (χ1v) is 4.44. The molecule has 0 atom stereocenters. The SMILES string of the molecule is O=C(O)c1ccc(C2OCCO2)cc1F. The number of carboxylic acid groups (broad SMARTS) is 1. The van der Waals surface area contributed by atoms with Gasteiger partial charge in [0.25, 0.3) is 0 Å². The summed E-state index contributed by atoms with van der Waals surface area (Å²) in [5.41, 5.74) is 0.145. The molecule has 1 saturated heterocycles. The van der Waals surface area contributed by atoms with Gasteiger partial charge in [0.15, 0.2) is 6.29 Å². The lowest BCUT2D eigenvalue weighted by molar-refractivity contribution is -0.0443. The van der Waals surface area contributed by atoms with Crippen LogP contribution in [0.15, 0.2) is 18.2 Å². The Bertz CT molecular complexity index is 385. The smallest absolute Gasteiger partial charge is 0.338 e. The topological polar surface area (TPSA) is 55.8 Å². The van der Waals surface area contributed by atoms with Crippen LogP contribution in [0.3, 0.4) is 0 Å². The summed E-state index contributed by atoms with van der Waals surface area (Å²) in [6.07, 6.45) is -0.581. The lowest BCUT2D eigenvalue weighted by Crippen LogP contribution is -2.04. The van der Waals surface area contributed by atoms with Gasteiger partial charge in [-0.25, -0.2) is 9.18 Å². The minimum atomic E-state index is -1.28. The number of ether oxygens (including phenoxy) is 2. The first-order valence-electron chi connectivity index (χ1n) is 4.44. The van der Waals surface area contributed by atoms with Gasteiger partial charge in [-0.1, -0.05) is 6.07 Å². The zero-order valence-electron chi connectivity index (χ0n) is 7.77. The molecule has 1 aromatic rings. The van der Waals surface area contributed by atoms with Crippen molar-refractivity contribution in [2.75, 3.05) is 13.2 Å². The Hall–Kier alpha value is -1.46. The molecule has 4 nitrogen and oxygen atoms in total. The summed E-state index contributed by atoms with van der Waals surface area (Å²) in [7, 11) is 0. The van der Waals surface area contributed by atoms with Crippen molar-refractivity contribution in [3.63, 3.8) is 0 Å². The highest BCUT2D eigenvalue weighted by atomic mass is 19.1. The van der Waals surface area contributed by atoms with Gasteiger partial charge in [-0.15, -0.1) is 0 Å². The first-order chi connectivity index (χ1) is 7.18. The molecule has 0 aliphatic carbocycles. The van der Waals surface area contributed by atoms with Crippen LogP contribution in [0.2, 0.25) is 0 Å². The second-order valence-corrected chi connectivity index (χ2v) is 3.12. The first kappa shape index (κ1) is 10.1. The normalized spacial score (nSPS) is 16.9. The fourth-order valence-electron chi connectivity index (χ4n) is 1.40. The van der Waals surface area contributed by atoms with Crippen LogP contribution in [-0.2, 0) is 9.47 Å². The average Bonchev–Trinajstić information content (AvgIpc) is 2.69. The Morgan fingerprint density at radius 1 is 1.40 bits per heavy atom. The molecular formula is C10H9FO4. The molecule has 0 aromatic heterocycles.